The van der Waals surface area contributed by atoms with Crippen LogP contribution in [0.3, 0.4) is 0 Å². The summed E-state index contributed by atoms with van der Waals surface area (Å²) in [7, 11) is 0. The van der Waals surface area contributed by atoms with Crippen molar-refractivity contribution in [3.63, 3.8) is 0 Å². The van der Waals surface area contributed by atoms with Crippen molar-refractivity contribution in [1.82, 2.24) is 9.78 Å². The van der Waals surface area contributed by atoms with Crippen LogP contribution in [-0.2, 0) is 16.1 Å². The van der Waals surface area contributed by atoms with Crippen molar-refractivity contribution in [2.45, 2.75) is 25.9 Å². The Morgan fingerprint density at radius 2 is 2.43 bits per heavy atom. The van der Waals surface area contributed by atoms with Crippen molar-refractivity contribution < 1.29 is 9.53 Å². The summed E-state index contributed by atoms with van der Waals surface area (Å²) in [6, 6.07) is 1.78. The molecule has 0 aliphatic heterocycles. The summed E-state index contributed by atoms with van der Waals surface area (Å²) >= 11 is 0. The summed E-state index contributed by atoms with van der Waals surface area (Å²) in [4.78, 5) is 11.4. The topological polar surface area (TPSA) is 70.1 Å². The summed E-state index contributed by atoms with van der Waals surface area (Å²) in [5, 5.41) is 3.97. The average Bonchev–Trinajstić information content (AvgIpc) is 2.56. The Bertz CT molecular complexity index is 293. The van der Waals surface area contributed by atoms with E-state index in [1.807, 2.05) is 0 Å². The molecule has 14 heavy (non-hydrogen) atoms. The molecule has 1 atom stereocenters. The highest BCUT2D eigenvalue weighted by Gasteiger charge is 2.30. The predicted molar refractivity (Wildman–Crippen MR) is 51.5 cm³/mol. The number of esters is 1. The minimum atomic E-state index is -1.03. The summed E-state index contributed by atoms with van der Waals surface area (Å²) in [5.41, 5.74) is 4.78. The average molecular weight is 197 g/mol. The Hall–Kier alpha value is -1.36. The van der Waals surface area contributed by atoms with E-state index in [1.165, 1.54) is 0 Å². The zero-order valence-electron chi connectivity index (χ0n) is 8.43. The normalized spacial score (nSPS) is 14.8. The SMILES string of the molecule is CCOC(=O)C(C)(N)Cn1cccn1. The first-order valence-corrected chi connectivity index (χ1v) is 4.50. The summed E-state index contributed by atoms with van der Waals surface area (Å²) in [6.45, 7) is 4.04. The number of nitrogens with two attached hydrogens (primary N) is 1. The fourth-order valence-electron chi connectivity index (χ4n) is 1.09. The van der Waals surface area contributed by atoms with Crippen LogP contribution < -0.4 is 5.73 Å². The summed E-state index contributed by atoms with van der Waals surface area (Å²) in [5.74, 6) is -0.407. The van der Waals surface area contributed by atoms with Crippen LogP contribution in [0.1, 0.15) is 13.8 Å². The Morgan fingerprint density at radius 1 is 1.71 bits per heavy atom. The van der Waals surface area contributed by atoms with Crippen LogP contribution in [0.25, 0.3) is 0 Å². The predicted octanol–water partition coefficient (Wildman–Crippen LogP) is 0.164. The van der Waals surface area contributed by atoms with Crippen molar-refractivity contribution in [2.75, 3.05) is 6.61 Å². The Kier molecular flexibility index (Phi) is 3.24. The lowest BCUT2D eigenvalue weighted by Gasteiger charge is -2.21. The maximum absolute atomic E-state index is 11.4. The summed E-state index contributed by atoms with van der Waals surface area (Å²) in [6.07, 6.45) is 3.39. The fraction of sp³-hybridized carbons (Fsp3) is 0.556. The standard InChI is InChI=1S/C9H15N3O2/c1-3-14-8(13)9(2,10)7-12-6-4-5-11-12/h4-6H,3,7,10H2,1-2H3. The molecule has 2 N–H and O–H groups in total. The molecule has 1 rings (SSSR count). The smallest absolute Gasteiger partial charge is 0.327 e. The lowest BCUT2D eigenvalue weighted by molar-refractivity contribution is -0.149. The number of nitrogens with zero attached hydrogens (tertiary/aromatic N) is 2. The lowest BCUT2D eigenvalue weighted by Crippen LogP contribution is -2.49. The van der Waals surface area contributed by atoms with E-state index < -0.39 is 11.5 Å². The number of carbonyl (C=O) groups excluding carboxylic acids is 1. The first-order valence-electron chi connectivity index (χ1n) is 4.50. The Morgan fingerprint density at radius 3 is 2.93 bits per heavy atom. The fourth-order valence-corrected chi connectivity index (χ4v) is 1.09. The number of hydrogen-bond acceptors (Lipinski definition) is 4. The molecule has 0 aliphatic rings. The zero-order valence-corrected chi connectivity index (χ0v) is 8.43. The second kappa shape index (κ2) is 4.23. The lowest BCUT2D eigenvalue weighted by atomic mass is 10.1. The molecule has 1 heterocycles. The second-order valence-corrected chi connectivity index (χ2v) is 3.34. The molecular weight excluding hydrogens is 182 g/mol. The van der Waals surface area contributed by atoms with Gasteiger partial charge in [0.2, 0.25) is 0 Å². The van der Waals surface area contributed by atoms with Gasteiger partial charge in [-0.25, -0.2) is 4.79 Å². The van der Waals surface area contributed by atoms with Crippen LogP contribution in [0.2, 0.25) is 0 Å². The number of aromatic nitrogens is 2. The van der Waals surface area contributed by atoms with Gasteiger partial charge in [0.25, 0.3) is 0 Å². The third-order valence-electron chi connectivity index (χ3n) is 1.79. The molecular formula is C9H15N3O2. The van der Waals surface area contributed by atoms with E-state index in [-0.39, 0.29) is 0 Å². The molecule has 0 bridgehead atoms. The maximum Gasteiger partial charge on any atom is 0.327 e. The van der Waals surface area contributed by atoms with Crippen molar-refractivity contribution in [3.8, 4) is 0 Å². The molecule has 0 fully saturated rings. The van der Waals surface area contributed by atoms with Gasteiger partial charge in [-0.2, -0.15) is 5.10 Å². The molecule has 5 heteroatoms. The van der Waals surface area contributed by atoms with E-state index in [2.05, 4.69) is 5.10 Å². The van der Waals surface area contributed by atoms with Gasteiger partial charge in [-0.05, 0) is 19.9 Å². The van der Waals surface area contributed by atoms with Gasteiger partial charge >= 0.3 is 5.97 Å². The van der Waals surface area contributed by atoms with Crippen LogP contribution in [0, 0.1) is 0 Å². The van der Waals surface area contributed by atoms with E-state index in [1.54, 1.807) is 37.0 Å². The van der Waals surface area contributed by atoms with E-state index in [0.29, 0.717) is 13.2 Å². The van der Waals surface area contributed by atoms with Crippen molar-refractivity contribution in [1.29, 1.82) is 0 Å². The minimum Gasteiger partial charge on any atom is -0.465 e. The maximum atomic E-state index is 11.4. The van der Waals surface area contributed by atoms with Crippen LogP contribution in [0.5, 0.6) is 0 Å². The first-order chi connectivity index (χ1) is 6.56. The van der Waals surface area contributed by atoms with E-state index in [0.717, 1.165) is 0 Å². The summed E-state index contributed by atoms with van der Waals surface area (Å²) < 4.78 is 6.46. The minimum absolute atomic E-state index is 0.318. The molecule has 0 aromatic carbocycles. The molecule has 0 saturated carbocycles. The van der Waals surface area contributed by atoms with Gasteiger partial charge in [0.1, 0.15) is 5.54 Å². The molecule has 78 valence electrons. The van der Waals surface area contributed by atoms with Gasteiger partial charge in [-0.3, -0.25) is 4.68 Å². The van der Waals surface area contributed by atoms with Gasteiger partial charge in [0, 0.05) is 12.4 Å². The first kappa shape index (κ1) is 10.7. The largest absolute Gasteiger partial charge is 0.465 e. The van der Waals surface area contributed by atoms with Crippen molar-refractivity contribution in [3.05, 3.63) is 18.5 Å². The van der Waals surface area contributed by atoms with Gasteiger partial charge in [0.15, 0.2) is 0 Å². The third-order valence-corrected chi connectivity index (χ3v) is 1.79. The molecule has 1 aromatic rings. The van der Waals surface area contributed by atoms with Crippen molar-refractivity contribution in [2.24, 2.45) is 5.73 Å². The van der Waals surface area contributed by atoms with Gasteiger partial charge in [-0.15, -0.1) is 0 Å². The van der Waals surface area contributed by atoms with Crippen LogP contribution in [0.4, 0.5) is 0 Å². The van der Waals surface area contributed by atoms with E-state index in [4.69, 9.17) is 10.5 Å². The molecule has 1 unspecified atom stereocenters. The highest BCUT2D eigenvalue weighted by atomic mass is 16.5. The van der Waals surface area contributed by atoms with Gasteiger partial charge in [0.05, 0.1) is 13.2 Å². The molecule has 5 nitrogen and oxygen atoms in total. The monoisotopic (exact) mass is 197 g/mol. The van der Waals surface area contributed by atoms with Crippen LogP contribution in [-0.4, -0.2) is 27.9 Å². The quantitative estimate of drug-likeness (QED) is 0.698. The highest BCUT2D eigenvalue weighted by Crippen LogP contribution is 2.05. The third kappa shape index (κ3) is 2.56. The number of carbonyl (C=O) groups is 1. The molecule has 0 aliphatic carbocycles. The Labute approximate surface area is 82.8 Å². The number of hydrogen-bond donors (Lipinski definition) is 1. The zero-order chi connectivity index (χ0) is 10.6. The number of ether oxygens (including phenoxy) is 1. The van der Waals surface area contributed by atoms with Crippen molar-refractivity contribution >= 4 is 5.97 Å². The molecule has 0 saturated heterocycles. The molecule has 0 spiro atoms. The highest BCUT2D eigenvalue weighted by molar-refractivity contribution is 5.79. The van der Waals surface area contributed by atoms with E-state index >= 15 is 0 Å². The Balaban J connectivity index is 2.61. The molecule has 0 amide bonds. The molecule has 1 aromatic heterocycles. The van der Waals surface area contributed by atoms with Gasteiger partial charge in [-0.1, -0.05) is 0 Å². The van der Waals surface area contributed by atoms with Gasteiger partial charge < -0.3 is 10.5 Å². The van der Waals surface area contributed by atoms with Crippen LogP contribution in [0.15, 0.2) is 18.5 Å². The number of rotatable bonds is 4. The molecule has 0 radical (unpaired) electrons. The van der Waals surface area contributed by atoms with E-state index in [9.17, 15) is 4.79 Å². The van der Waals surface area contributed by atoms with Crippen LogP contribution >= 0.6 is 0 Å². The second-order valence-electron chi connectivity index (χ2n) is 3.34.